The summed E-state index contributed by atoms with van der Waals surface area (Å²) in [6, 6.07) is 0. The summed E-state index contributed by atoms with van der Waals surface area (Å²) >= 11 is 0. The molecule has 0 spiro atoms. The molecule has 0 aromatic heterocycles. The van der Waals surface area contributed by atoms with Crippen molar-refractivity contribution in [3.8, 4) is 0 Å². The highest BCUT2D eigenvalue weighted by Crippen LogP contribution is 2.09. The van der Waals surface area contributed by atoms with Gasteiger partial charge in [-0.2, -0.15) is 5.10 Å². The van der Waals surface area contributed by atoms with Crippen LogP contribution in [0.2, 0.25) is 0 Å². The van der Waals surface area contributed by atoms with Gasteiger partial charge >= 0.3 is 11.9 Å². The van der Waals surface area contributed by atoms with Crippen molar-refractivity contribution in [2.75, 3.05) is 19.8 Å². The normalized spacial score (nSPS) is 19.1. The van der Waals surface area contributed by atoms with Gasteiger partial charge in [0.2, 0.25) is 0 Å². The molecule has 0 bridgehead atoms. The minimum Gasteiger partial charge on any atom is -0.465 e. The number of carbonyl (C=O) groups excluding carboxylic acids is 2. The Bertz CT molecular complexity index is 288. The van der Waals surface area contributed by atoms with E-state index in [1.54, 1.807) is 13.8 Å². The second kappa shape index (κ2) is 5.33. The van der Waals surface area contributed by atoms with E-state index < -0.39 is 17.9 Å². The van der Waals surface area contributed by atoms with Crippen LogP contribution in [-0.4, -0.2) is 37.4 Å². The average molecular weight is 214 g/mol. The molecule has 84 valence electrons. The molecule has 0 radical (unpaired) electrons. The molecule has 1 aliphatic rings. The molecule has 1 aliphatic heterocycles. The number of nitrogens with zero attached hydrogens (tertiary/aromatic N) is 1. The van der Waals surface area contributed by atoms with Crippen molar-refractivity contribution in [1.82, 2.24) is 5.43 Å². The number of nitrogens with one attached hydrogen (secondary N) is 1. The van der Waals surface area contributed by atoms with Gasteiger partial charge in [0.15, 0.2) is 5.71 Å². The van der Waals surface area contributed by atoms with Crippen molar-refractivity contribution in [3.05, 3.63) is 0 Å². The highest BCUT2D eigenvalue weighted by Gasteiger charge is 2.35. The number of ether oxygens (including phenoxy) is 2. The van der Waals surface area contributed by atoms with Crippen LogP contribution < -0.4 is 5.43 Å². The van der Waals surface area contributed by atoms with Crippen molar-refractivity contribution in [2.24, 2.45) is 11.0 Å². The Morgan fingerprint density at radius 1 is 1.40 bits per heavy atom. The van der Waals surface area contributed by atoms with Gasteiger partial charge in [0.25, 0.3) is 0 Å². The first-order chi connectivity index (χ1) is 7.20. The molecule has 1 heterocycles. The van der Waals surface area contributed by atoms with Crippen LogP contribution in [0.3, 0.4) is 0 Å². The van der Waals surface area contributed by atoms with Gasteiger partial charge in [-0.25, -0.2) is 4.79 Å². The molecule has 0 aliphatic carbocycles. The smallest absolute Gasteiger partial charge is 0.355 e. The van der Waals surface area contributed by atoms with Crippen LogP contribution in [-0.2, 0) is 19.1 Å². The van der Waals surface area contributed by atoms with Crippen LogP contribution in [0.1, 0.15) is 13.8 Å². The maximum Gasteiger partial charge on any atom is 0.355 e. The first kappa shape index (κ1) is 11.5. The summed E-state index contributed by atoms with van der Waals surface area (Å²) in [5.41, 5.74) is 2.68. The summed E-state index contributed by atoms with van der Waals surface area (Å²) in [6.07, 6.45) is 0. The molecule has 1 N–H and O–H groups in total. The summed E-state index contributed by atoms with van der Waals surface area (Å²) in [5, 5.41) is 3.73. The third-order valence-corrected chi connectivity index (χ3v) is 1.88. The van der Waals surface area contributed by atoms with E-state index in [1.807, 2.05) is 0 Å². The van der Waals surface area contributed by atoms with E-state index in [-0.39, 0.29) is 25.5 Å². The highest BCUT2D eigenvalue weighted by atomic mass is 16.5. The quantitative estimate of drug-likeness (QED) is 0.649. The molecule has 0 saturated carbocycles. The summed E-state index contributed by atoms with van der Waals surface area (Å²) in [6.45, 7) is 4.23. The molecule has 0 unspecified atom stereocenters. The zero-order valence-corrected chi connectivity index (χ0v) is 8.78. The molecule has 1 rings (SSSR count). The predicted octanol–water partition coefficient (Wildman–Crippen LogP) is -0.312. The van der Waals surface area contributed by atoms with Gasteiger partial charge in [-0.15, -0.1) is 0 Å². The van der Waals surface area contributed by atoms with E-state index in [0.29, 0.717) is 0 Å². The van der Waals surface area contributed by atoms with Gasteiger partial charge in [0.05, 0.1) is 19.8 Å². The van der Waals surface area contributed by atoms with Crippen molar-refractivity contribution < 1.29 is 19.1 Å². The van der Waals surface area contributed by atoms with E-state index in [4.69, 9.17) is 9.47 Å². The number of hydrazone groups is 1. The number of rotatable bonds is 4. The lowest BCUT2D eigenvalue weighted by Crippen LogP contribution is -2.32. The largest absolute Gasteiger partial charge is 0.465 e. The Kier molecular flexibility index (Phi) is 4.08. The minimum absolute atomic E-state index is 0.0929. The molecule has 0 fully saturated rings. The van der Waals surface area contributed by atoms with Crippen molar-refractivity contribution in [1.29, 1.82) is 0 Å². The summed E-state index contributed by atoms with van der Waals surface area (Å²) in [7, 11) is 0. The number of hydrogen-bond acceptors (Lipinski definition) is 6. The lowest BCUT2D eigenvalue weighted by molar-refractivity contribution is -0.146. The zero-order chi connectivity index (χ0) is 11.3. The molecular weight excluding hydrogens is 200 g/mol. The SMILES string of the molecule is CCOC(=O)C1=NNC[C@@H]1C(=O)OCC. The maximum absolute atomic E-state index is 11.4. The van der Waals surface area contributed by atoms with E-state index in [1.165, 1.54) is 0 Å². The molecule has 15 heavy (non-hydrogen) atoms. The summed E-state index contributed by atoms with van der Waals surface area (Å²) in [5.74, 6) is -1.67. The van der Waals surface area contributed by atoms with E-state index in [9.17, 15) is 9.59 Å². The maximum atomic E-state index is 11.4. The van der Waals surface area contributed by atoms with Gasteiger partial charge in [0.1, 0.15) is 5.92 Å². The van der Waals surface area contributed by atoms with Crippen molar-refractivity contribution >= 4 is 17.7 Å². The fourth-order valence-corrected chi connectivity index (χ4v) is 1.23. The summed E-state index contributed by atoms with van der Waals surface area (Å²) < 4.78 is 9.58. The highest BCUT2D eigenvalue weighted by molar-refractivity contribution is 6.41. The van der Waals surface area contributed by atoms with Gasteiger partial charge < -0.3 is 14.9 Å². The fraction of sp³-hybridized carbons (Fsp3) is 0.667. The minimum atomic E-state index is -0.649. The second-order valence-corrected chi connectivity index (χ2v) is 2.88. The van der Waals surface area contributed by atoms with Crippen LogP contribution in [0.4, 0.5) is 0 Å². The van der Waals surface area contributed by atoms with Crippen LogP contribution >= 0.6 is 0 Å². The van der Waals surface area contributed by atoms with Crippen LogP contribution in [0.5, 0.6) is 0 Å². The van der Waals surface area contributed by atoms with E-state index in [2.05, 4.69) is 10.5 Å². The zero-order valence-electron chi connectivity index (χ0n) is 8.78. The second-order valence-electron chi connectivity index (χ2n) is 2.88. The monoisotopic (exact) mass is 214 g/mol. The first-order valence-electron chi connectivity index (χ1n) is 4.84. The Balaban J connectivity index is 2.63. The first-order valence-corrected chi connectivity index (χ1v) is 4.84. The lowest BCUT2D eigenvalue weighted by atomic mass is 10.1. The van der Waals surface area contributed by atoms with Gasteiger partial charge in [-0.3, -0.25) is 4.79 Å². The Morgan fingerprint density at radius 2 is 2.07 bits per heavy atom. The van der Waals surface area contributed by atoms with Gasteiger partial charge in [-0.1, -0.05) is 0 Å². The third-order valence-electron chi connectivity index (χ3n) is 1.88. The Hall–Kier alpha value is -1.59. The molecule has 0 saturated heterocycles. The number of esters is 2. The predicted molar refractivity (Wildman–Crippen MR) is 52.2 cm³/mol. The summed E-state index contributed by atoms with van der Waals surface area (Å²) in [4.78, 5) is 22.8. The van der Waals surface area contributed by atoms with Crippen LogP contribution in [0, 0.1) is 5.92 Å². The Morgan fingerprint density at radius 3 is 2.67 bits per heavy atom. The third kappa shape index (κ3) is 2.68. The number of carbonyl (C=O) groups is 2. The molecule has 6 heteroatoms. The average Bonchev–Trinajstić information content (AvgIpc) is 2.66. The lowest BCUT2D eigenvalue weighted by Gasteiger charge is -2.09. The van der Waals surface area contributed by atoms with E-state index >= 15 is 0 Å². The van der Waals surface area contributed by atoms with E-state index in [0.717, 1.165) is 0 Å². The Labute approximate surface area is 87.6 Å². The van der Waals surface area contributed by atoms with Crippen molar-refractivity contribution in [2.45, 2.75) is 13.8 Å². The standard InChI is InChI=1S/C9H14N2O4/c1-3-14-8(12)6-5-10-11-7(6)9(13)15-4-2/h6,10H,3-5H2,1-2H3/t6-/m0/s1. The van der Waals surface area contributed by atoms with Crippen molar-refractivity contribution in [3.63, 3.8) is 0 Å². The number of hydrogen-bond donors (Lipinski definition) is 1. The van der Waals surface area contributed by atoms with Gasteiger partial charge in [0, 0.05) is 0 Å². The fourth-order valence-electron chi connectivity index (χ4n) is 1.23. The molecular formula is C9H14N2O4. The molecule has 0 aromatic carbocycles. The van der Waals surface area contributed by atoms with Gasteiger partial charge in [-0.05, 0) is 13.8 Å². The molecule has 6 nitrogen and oxygen atoms in total. The topological polar surface area (TPSA) is 77.0 Å². The van der Waals surface area contributed by atoms with Crippen LogP contribution in [0.25, 0.3) is 0 Å². The molecule has 0 amide bonds. The molecule has 0 aromatic rings. The molecule has 1 atom stereocenters. The van der Waals surface area contributed by atoms with Crippen LogP contribution in [0.15, 0.2) is 5.10 Å².